The molecule has 0 saturated carbocycles. The van der Waals surface area contributed by atoms with Crippen LogP contribution in [0.3, 0.4) is 0 Å². The molecule has 142 valence electrons. The Kier molecular flexibility index (Phi) is 3.53. The van der Waals surface area contributed by atoms with Gasteiger partial charge in [0.05, 0.1) is 31.9 Å². The number of H-pyrrole nitrogens is 1. The van der Waals surface area contributed by atoms with E-state index in [-0.39, 0.29) is 17.7 Å². The van der Waals surface area contributed by atoms with E-state index in [2.05, 4.69) is 11.1 Å². The minimum absolute atomic E-state index is 0.0204. The van der Waals surface area contributed by atoms with E-state index in [1.165, 1.54) is 7.11 Å². The van der Waals surface area contributed by atoms with Crippen LogP contribution in [0.4, 0.5) is 0 Å². The van der Waals surface area contributed by atoms with Crippen molar-refractivity contribution >= 4 is 22.6 Å². The SMILES string of the molecule is COc1ccc2c(c1OC)C(=O)N1C(C(C)=O)Cc3c([nH]c4ccccc34)C21. The number of ether oxygens (including phenoxy) is 2. The van der Waals surface area contributed by atoms with Gasteiger partial charge in [-0.3, -0.25) is 9.59 Å². The number of fused-ring (bicyclic) bond motifs is 7. The zero-order valence-electron chi connectivity index (χ0n) is 15.9. The molecule has 2 atom stereocenters. The Morgan fingerprint density at radius 2 is 1.93 bits per heavy atom. The van der Waals surface area contributed by atoms with Crippen LogP contribution < -0.4 is 9.47 Å². The number of ketones is 1. The standard InChI is InChI=1S/C22H20N2O4/c1-11(25)16-10-14-12-6-4-5-7-15(12)23-19(14)20-13-8-9-17(27-2)21(28-3)18(13)22(26)24(16)20/h4-9,16,20,23H,10H2,1-3H3. The van der Waals surface area contributed by atoms with Crippen molar-refractivity contribution in [3.8, 4) is 11.5 Å². The van der Waals surface area contributed by atoms with Gasteiger partial charge in [0, 0.05) is 23.0 Å². The number of hydrogen-bond acceptors (Lipinski definition) is 4. The fourth-order valence-corrected chi connectivity index (χ4v) is 4.71. The maximum Gasteiger partial charge on any atom is 0.259 e. The highest BCUT2D eigenvalue weighted by Gasteiger charge is 2.49. The van der Waals surface area contributed by atoms with Gasteiger partial charge in [-0.15, -0.1) is 0 Å². The van der Waals surface area contributed by atoms with E-state index < -0.39 is 6.04 Å². The summed E-state index contributed by atoms with van der Waals surface area (Å²) in [5.41, 5.74) is 4.40. The fourth-order valence-electron chi connectivity index (χ4n) is 4.71. The number of amides is 1. The molecule has 1 amide bonds. The summed E-state index contributed by atoms with van der Waals surface area (Å²) in [6.45, 7) is 1.55. The van der Waals surface area contributed by atoms with Crippen LogP contribution in [0.2, 0.25) is 0 Å². The molecule has 0 bridgehead atoms. The number of benzene rings is 2. The summed E-state index contributed by atoms with van der Waals surface area (Å²) in [5.74, 6) is 0.707. The predicted molar refractivity (Wildman–Crippen MR) is 104 cm³/mol. The number of Topliss-reactive ketones (excluding diaryl/α,β-unsaturated/α-hetero) is 1. The van der Waals surface area contributed by atoms with E-state index in [0.717, 1.165) is 27.7 Å². The third-order valence-electron chi connectivity index (χ3n) is 5.92. The lowest BCUT2D eigenvalue weighted by molar-refractivity contribution is -0.122. The maximum atomic E-state index is 13.4. The number of aromatic amines is 1. The summed E-state index contributed by atoms with van der Waals surface area (Å²) in [7, 11) is 3.07. The van der Waals surface area contributed by atoms with Crippen LogP contribution >= 0.6 is 0 Å². The lowest BCUT2D eigenvalue weighted by Crippen LogP contribution is -2.47. The third kappa shape index (κ3) is 2.03. The second-order valence-electron chi connectivity index (χ2n) is 7.27. The number of aromatic nitrogens is 1. The van der Waals surface area contributed by atoms with Gasteiger partial charge in [0.25, 0.3) is 5.91 Å². The second-order valence-corrected chi connectivity index (χ2v) is 7.27. The summed E-state index contributed by atoms with van der Waals surface area (Å²) in [5, 5.41) is 1.10. The van der Waals surface area contributed by atoms with Crippen molar-refractivity contribution in [3.05, 3.63) is 58.8 Å². The Hall–Kier alpha value is -3.28. The van der Waals surface area contributed by atoms with Crippen molar-refractivity contribution in [1.29, 1.82) is 0 Å². The molecule has 0 radical (unpaired) electrons. The first-order valence-electron chi connectivity index (χ1n) is 9.24. The minimum atomic E-state index is -0.507. The van der Waals surface area contributed by atoms with Crippen molar-refractivity contribution < 1.29 is 19.1 Å². The zero-order valence-corrected chi connectivity index (χ0v) is 15.9. The van der Waals surface area contributed by atoms with Crippen LogP contribution in [0, 0.1) is 0 Å². The molecule has 1 N–H and O–H groups in total. The molecular formula is C22H20N2O4. The van der Waals surface area contributed by atoms with Gasteiger partial charge in [-0.05, 0) is 30.2 Å². The largest absolute Gasteiger partial charge is 0.493 e. The van der Waals surface area contributed by atoms with Crippen LogP contribution in [0.1, 0.15) is 40.1 Å². The van der Waals surface area contributed by atoms with Crippen LogP contribution in [0.5, 0.6) is 11.5 Å². The van der Waals surface area contributed by atoms with Gasteiger partial charge in [0.2, 0.25) is 0 Å². The van der Waals surface area contributed by atoms with E-state index in [1.807, 2.05) is 30.3 Å². The molecule has 6 nitrogen and oxygen atoms in total. The van der Waals surface area contributed by atoms with Gasteiger partial charge in [0.15, 0.2) is 17.3 Å². The van der Waals surface area contributed by atoms with Crippen molar-refractivity contribution in [2.45, 2.75) is 25.4 Å². The summed E-state index contributed by atoms with van der Waals surface area (Å²) >= 11 is 0. The Balaban J connectivity index is 1.82. The fraction of sp³-hybridized carbons (Fsp3) is 0.273. The molecular weight excluding hydrogens is 356 g/mol. The first-order chi connectivity index (χ1) is 13.6. The number of hydrogen-bond donors (Lipinski definition) is 1. The second kappa shape index (κ2) is 5.86. The van der Waals surface area contributed by atoms with Crippen molar-refractivity contribution in [2.75, 3.05) is 14.2 Å². The van der Waals surface area contributed by atoms with E-state index in [0.29, 0.717) is 23.5 Å². The Bertz CT molecular complexity index is 1150. The van der Waals surface area contributed by atoms with Gasteiger partial charge in [-0.2, -0.15) is 0 Å². The highest BCUT2D eigenvalue weighted by atomic mass is 16.5. The van der Waals surface area contributed by atoms with Gasteiger partial charge in [0.1, 0.15) is 0 Å². The first-order valence-corrected chi connectivity index (χ1v) is 9.24. The molecule has 5 rings (SSSR count). The Morgan fingerprint density at radius 3 is 2.64 bits per heavy atom. The summed E-state index contributed by atoms with van der Waals surface area (Å²) in [4.78, 5) is 31.2. The molecule has 0 spiro atoms. The average molecular weight is 376 g/mol. The molecule has 3 aromatic rings. The highest BCUT2D eigenvalue weighted by molar-refractivity contribution is 6.06. The van der Waals surface area contributed by atoms with Gasteiger partial charge < -0.3 is 19.4 Å². The molecule has 1 aromatic heterocycles. The van der Waals surface area contributed by atoms with E-state index in [4.69, 9.17) is 9.47 Å². The molecule has 2 aromatic carbocycles. The van der Waals surface area contributed by atoms with Crippen LogP contribution in [-0.4, -0.2) is 41.8 Å². The Labute approximate surface area is 162 Å². The summed E-state index contributed by atoms with van der Waals surface area (Å²) < 4.78 is 10.9. The number of nitrogens with zero attached hydrogens (tertiary/aromatic N) is 1. The molecule has 0 saturated heterocycles. The lowest BCUT2D eigenvalue weighted by atomic mass is 9.89. The molecule has 0 aliphatic carbocycles. The monoisotopic (exact) mass is 376 g/mol. The van der Waals surface area contributed by atoms with E-state index in [9.17, 15) is 9.59 Å². The van der Waals surface area contributed by atoms with Crippen LogP contribution in [0.15, 0.2) is 36.4 Å². The zero-order chi connectivity index (χ0) is 19.6. The van der Waals surface area contributed by atoms with E-state index in [1.54, 1.807) is 18.9 Å². The predicted octanol–water partition coefficient (Wildman–Crippen LogP) is 3.24. The number of rotatable bonds is 3. The van der Waals surface area contributed by atoms with Crippen LogP contribution in [-0.2, 0) is 11.2 Å². The van der Waals surface area contributed by atoms with E-state index >= 15 is 0 Å². The molecule has 3 heterocycles. The molecule has 0 fully saturated rings. The topological polar surface area (TPSA) is 71.6 Å². The van der Waals surface area contributed by atoms with Gasteiger partial charge in [-0.1, -0.05) is 24.3 Å². The number of nitrogens with one attached hydrogen (secondary N) is 1. The number of methoxy groups -OCH3 is 2. The molecule has 6 heteroatoms. The normalized spacial score (nSPS) is 20.0. The highest BCUT2D eigenvalue weighted by Crippen LogP contribution is 2.50. The van der Waals surface area contributed by atoms with Crippen molar-refractivity contribution in [1.82, 2.24) is 9.88 Å². The lowest BCUT2D eigenvalue weighted by Gasteiger charge is -2.36. The van der Waals surface area contributed by atoms with Gasteiger partial charge in [-0.25, -0.2) is 0 Å². The smallest absolute Gasteiger partial charge is 0.259 e. The number of carbonyl (C=O) groups is 2. The summed E-state index contributed by atoms with van der Waals surface area (Å²) in [6, 6.07) is 10.9. The first kappa shape index (κ1) is 16.9. The third-order valence-corrected chi connectivity index (χ3v) is 5.92. The van der Waals surface area contributed by atoms with Gasteiger partial charge >= 0.3 is 0 Å². The molecule has 2 aliphatic rings. The Morgan fingerprint density at radius 1 is 1.14 bits per heavy atom. The molecule has 2 unspecified atom stereocenters. The number of para-hydroxylation sites is 1. The average Bonchev–Trinajstić information content (AvgIpc) is 3.22. The molecule has 28 heavy (non-hydrogen) atoms. The summed E-state index contributed by atoms with van der Waals surface area (Å²) in [6.07, 6.45) is 0.504. The number of carbonyl (C=O) groups excluding carboxylic acids is 2. The van der Waals surface area contributed by atoms with Crippen LogP contribution in [0.25, 0.3) is 10.9 Å². The minimum Gasteiger partial charge on any atom is -0.493 e. The quantitative estimate of drug-likeness (QED) is 0.762. The van der Waals surface area contributed by atoms with Crippen molar-refractivity contribution in [2.24, 2.45) is 0 Å². The van der Waals surface area contributed by atoms with Crippen molar-refractivity contribution in [3.63, 3.8) is 0 Å². The molecule has 2 aliphatic heterocycles. The maximum absolute atomic E-state index is 13.4.